The van der Waals surface area contributed by atoms with Crippen LogP contribution in [0.3, 0.4) is 0 Å². The van der Waals surface area contributed by atoms with Gasteiger partial charge in [0.25, 0.3) is 0 Å². The average molecular weight is 234 g/mol. The Hall–Kier alpha value is -0.860. The van der Waals surface area contributed by atoms with Gasteiger partial charge in [-0.05, 0) is 38.1 Å². The Balaban J connectivity index is 2.31. The first kappa shape index (κ1) is 14.2. The SMILES string of the molecule is CCN(CC)CCNCc1ccc(C)cc1C. The third-order valence-corrected chi connectivity index (χ3v) is 3.31. The van der Waals surface area contributed by atoms with Crippen LogP contribution in [0.25, 0.3) is 0 Å². The molecule has 0 unspecified atom stereocenters. The van der Waals surface area contributed by atoms with Crippen LogP contribution >= 0.6 is 0 Å². The fourth-order valence-corrected chi connectivity index (χ4v) is 2.04. The molecule has 0 heterocycles. The number of nitrogens with one attached hydrogen (secondary N) is 1. The van der Waals surface area contributed by atoms with Crippen molar-refractivity contribution in [1.29, 1.82) is 0 Å². The maximum atomic E-state index is 3.52. The Morgan fingerprint density at radius 3 is 2.41 bits per heavy atom. The zero-order valence-electron chi connectivity index (χ0n) is 11.7. The van der Waals surface area contributed by atoms with Crippen molar-refractivity contribution < 1.29 is 0 Å². The largest absolute Gasteiger partial charge is 0.311 e. The van der Waals surface area contributed by atoms with Crippen molar-refractivity contribution in [1.82, 2.24) is 10.2 Å². The topological polar surface area (TPSA) is 15.3 Å². The van der Waals surface area contributed by atoms with E-state index in [0.29, 0.717) is 0 Å². The summed E-state index contributed by atoms with van der Waals surface area (Å²) in [6.45, 7) is 14.2. The van der Waals surface area contributed by atoms with Gasteiger partial charge in [0, 0.05) is 19.6 Å². The summed E-state index contributed by atoms with van der Waals surface area (Å²) in [7, 11) is 0. The maximum Gasteiger partial charge on any atom is 0.0208 e. The van der Waals surface area contributed by atoms with Gasteiger partial charge in [0.15, 0.2) is 0 Å². The van der Waals surface area contributed by atoms with Crippen molar-refractivity contribution in [2.45, 2.75) is 34.2 Å². The summed E-state index contributed by atoms with van der Waals surface area (Å²) in [6, 6.07) is 6.67. The summed E-state index contributed by atoms with van der Waals surface area (Å²) in [6.07, 6.45) is 0. The number of hydrogen-bond acceptors (Lipinski definition) is 2. The summed E-state index contributed by atoms with van der Waals surface area (Å²) in [5, 5.41) is 3.52. The van der Waals surface area contributed by atoms with Crippen molar-refractivity contribution in [3.05, 3.63) is 34.9 Å². The average Bonchev–Trinajstić information content (AvgIpc) is 2.32. The van der Waals surface area contributed by atoms with E-state index in [0.717, 1.165) is 32.7 Å². The molecule has 0 spiro atoms. The van der Waals surface area contributed by atoms with Crippen LogP contribution < -0.4 is 5.32 Å². The molecule has 1 aromatic rings. The third kappa shape index (κ3) is 4.88. The predicted octanol–water partition coefficient (Wildman–Crippen LogP) is 2.73. The van der Waals surface area contributed by atoms with Gasteiger partial charge in [0.1, 0.15) is 0 Å². The van der Waals surface area contributed by atoms with E-state index in [1.807, 2.05) is 0 Å². The van der Waals surface area contributed by atoms with Crippen LogP contribution in [-0.4, -0.2) is 31.1 Å². The molecule has 0 aliphatic heterocycles. The molecule has 0 aliphatic rings. The molecule has 96 valence electrons. The van der Waals surface area contributed by atoms with Crippen LogP contribution in [0.1, 0.15) is 30.5 Å². The standard InChI is InChI=1S/C15H26N2/c1-5-17(6-2)10-9-16-12-15-8-7-13(3)11-14(15)4/h7-8,11,16H,5-6,9-10,12H2,1-4H3. The summed E-state index contributed by atoms with van der Waals surface area (Å²) in [4.78, 5) is 2.44. The van der Waals surface area contributed by atoms with E-state index >= 15 is 0 Å². The minimum Gasteiger partial charge on any atom is -0.311 e. The van der Waals surface area contributed by atoms with Gasteiger partial charge >= 0.3 is 0 Å². The minimum atomic E-state index is 0.980. The molecular formula is C15H26N2. The predicted molar refractivity (Wildman–Crippen MR) is 75.4 cm³/mol. The first-order valence-electron chi connectivity index (χ1n) is 6.66. The van der Waals surface area contributed by atoms with E-state index in [2.05, 4.69) is 56.1 Å². The molecule has 0 aliphatic carbocycles. The number of likely N-dealkylation sites (N-methyl/N-ethyl adjacent to an activating group) is 1. The third-order valence-electron chi connectivity index (χ3n) is 3.31. The second-order valence-electron chi connectivity index (χ2n) is 4.63. The normalized spacial score (nSPS) is 11.1. The zero-order valence-corrected chi connectivity index (χ0v) is 11.7. The number of nitrogens with zero attached hydrogens (tertiary/aromatic N) is 1. The molecule has 17 heavy (non-hydrogen) atoms. The lowest BCUT2D eigenvalue weighted by Crippen LogP contribution is -2.31. The Bertz CT molecular complexity index is 330. The van der Waals surface area contributed by atoms with Gasteiger partial charge in [-0.2, -0.15) is 0 Å². The van der Waals surface area contributed by atoms with Crippen LogP contribution in [0.5, 0.6) is 0 Å². The van der Waals surface area contributed by atoms with Gasteiger partial charge in [0.2, 0.25) is 0 Å². The van der Waals surface area contributed by atoms with Crippen molar-refractivity contribution in [3.63, 3.8) is 0 Å². The van der Waals surface area contributed by atoms with Gasteiger partial charge in [-0.25, -0.2) is 0 Å². The Kier molecular flexibility index (Phi) is 6.23. The molecule has 0 fully saturated rings. The van der Waals surface area contributed by atoms with Crippen LogP contribution in [-0.2, 0) is 6.54 Å². The molecule has 1 N–H and O–H groups in total. The molecule has 0 bridgehead atoms. The molecule has 0 amide bonds. The highest BCUT2D eigenvalue weighted by atomic mass is 15.1. The van der Waals surface area contributed by atoms with Crippen molar-refractivity contribution in [3.8, 4) is 0 Å². The van der Waals surface area contributed by atoms with Crippen molar-refractivity contribution in [2.75, 3.05) is 26.2 Å². The summed E-state index contributed by atoms with van der Waals surface area (Å²) in [5.74, 6) is 0. The van der Waals surface area contributed by atoms with Crippen LogP contribution in [0.2, 0.25) is 0 Å². The van der Waals surface area contributed by atoms with E-state index in [1.165, 1.54) is 16.7 Å². The van der Waals surface area contributed by atoms with Gasteiger partial charge in [-0.15, -0.1) is 0 Å². The fourth-order valence-electron chi connectivity index (χ4n) is 2.04. The molecule has 0 saturated heterocycles. The highest BCUT2D eigenvalue weighted by Crippen LogP contribution is 2.09. The smallest absolute Gasteiger partial charge is 0.0208 e. The quantitative estimate of drug-likeness (QED) is 0.730. The Morgan fingerprint density at radius 1 is 1.12 bits per heavy atom. The maximum absolute atomic E-state index is 3.52. The molecule has 0 radical (unpaired) electrons. The van der Waals surface area contributed by atoms with Crippen LogP contribution in [0.4, 0.5) is 0 Å². The Labute approximate surface area is 106 Å². The lowest BCUT2D eigenvalue weighted by molar-refractivity contribution is 0.302. The highest BCUT2D eigenvalue weighted by Gasteiger charge is 2.00. The zero-order chi connectivity index (χ0) is 12.7. The summed E-state index contributed by atoms with van der Waals surface area (Å²) < 4.78 is 0. The molecule has 2 heteroatoms. The second kappa shape index (κ2) is 7.46. The second-order valence-corrected chi connectivity index (χ2v) is 4.63. The lowest BCUT2D eigenvalue weighted by Gasteiger charge is -2.18. The molecule has 0 atom stereocenters. The first-order chi connectivity index (χ1) is 8.17. The number of benzene rings is 1. The molecule has 1 aromatic carbocycles. The Morgan fingerprint density at radius 2 is 1.82 bits per heavy atom. The van der Waals surface area contributed by atoms with Crippen LogP contribution in [0.15, 0.2) is 18.2 Å². The highest BCUT2D eigenvalue weighted by molar-refractivity contribution is 5.30. The van der Waals surface area contributed by atoms with Gasteiger partial charge in [-0.3, -0.25) is 0 Å². The van der Waals surface area contributed by atoms with Crippen LogP contribution in [0, 0.1) is 13.8 Å². The number of aryl methyl sites for hydroxylation is 2. The first-order valence-corrected chi connectivity index (χ1v) is 6.66. The molecule has 2 nitrogen and oxygen atoms in total. The molecule has 0 aromatic heterocycles. The van der Waals surface area contributed by atoms with E-state index in [1.54, 1.807) is 0 Å². The molecular weight excluding hydrogens is 208 g/mol. The van der Waals surface area contributed by atoms with Gasteiger partial charge in [-0.1, -0.05) is 37.6 Å². The van der Waals surface area contributed by atoms with Gasteiger partial charge < -0.3 is 10.2 Å². The minimum absolute atomic E-state index is 0.980. The van der Waals surface area contributed by atoms with Crippen molar-refractivity contribution in [2.24, 2.45) is 0 Å². The number of rotatable bonds is 7. The summed E-state index contributed by atoms with van der Waals surface area (Å²) in [5.41, 5.74) is 4.14. The van der Waals surface area contributed by atoms with E-state index in [-0.39, 0.29) is 0 Å². The lowest BCUT2D eigenvalue weighted by atomic mass is 10.1. The monoisotopic (exact) mass is 234 g/mol. The van der Waals surface area contributed by atoms with Crippen molar-refractivity contribution >= 4 is 0 Å². The number of hydrogen-bond donors (Lipinski definition) is 1. The van der Waals surface area contributed by atoms with E-state index in [4.69, 9.17) is 0 Å². The van der Waals surface area contributed by atoms with E-state index < -0.39 is 0 Å². The summed E-state index contributed by atoms with van der Waals surface area (Å²) >= 11 is 0. The van der Waals surface area contributed by atoms with Gasteiger partial charge in [0.05, 0.1) is 0 Å². The molecule has 0 saturated carbocycles. The van der Waals surface area contributed by atoms with E-state index in [9.17, 15) is 0 Å². The fraction of sp³-hybridized carbons (Fsp3) is 0.600. The molecule has 1 rings (SSSR count).